The number of aryl methyl sites for hydroxylation is 2. The summed E-state index contributed by atoms with van der Waals surface area (Å²) in [6.45, 7) is 7.17. The highest BCUT2D eigenvalue weighted by molar-refractivity contribution is 6.31. The lowest BCUT2D eigenvalue weighted by Crippen LogP contribution is -2.19. The van der Waals surface area contributed by atoms with Gasteiger partial charge in [-0.25, -0.2) is 0 Å². The van der Waals surface area contributed by atoms with Gasteiger partial charge in [-0.1, -0.05) is 48.0 Å². The zero-order chi connectivity index (χ0) is 13.8. The minimum absolute atomic E-state index is 0.318. The third kappa shape index (κ3) is 3.59. The van der Waals surface area contributed by atoms with Crippen molar-refractivity contribution in [3.8, 4) is 0 Å². The zero-order valence-corrected chi connectivity index (χ0v) is 12.5. The Labute approximate surface area is 120 Å². The Morgan fingerprint density at radius 2 is 1.84 bits per heavy atom. The maximum atomic E-state index is 6.25. The van der Waals surface area contributed by atoms with E-state index in [1.807, 2.05) is 6.07 Å². The Morgan fingerprint density at radius 3 is 2.53 bits per heavy atom. The monoisotopic (exact) mass is 273 g/mol. The normalized spacial score (nSPS) is 12.4. The molecule has 1 N–H and O–H groups in total. The van der Waals surface area contributed by atoms with Crippen molar-refractivity contribution in [2.24, 2.45) is 0 Å². The molecule has 19 heavy (non-hydrogen) atoms. The summed E-state index contributed by atoms with van der Waals surface area (Å²) in [6.07, 6.45) is 0. The number of nitrogens with one attached hydrogen (secondary N) is 1. The van der Waals surface area contributed by atoms with Crippen LogP contribution in [0.3, 0.4) is 0 Å². The molecule has 2 rings (SSSR count). The topological polar surface area (TPSA) is 12.0 Å². The quantitative estimate of drug-likeness (QED) is 0.843. The lowest BCUT2D eigenvalue weighted by molar-refractivity contribution is 0.572. The van der Waals surface area contributed by atoms with Gasteiger partial charge in [0.2, 0.25) is 0 Å². The first-order chi connectivity index (χ1) is 9.08. The van der Waals surface area contributed by atoms with E-state index in [1.54, 1.807) is 0 Å². The van der Waals surface area contributed by atoms with Crippen molar-refractivity contribution >= 4 is 11.6 Å². The summed E-state index contributed by atoms with van der Waals surface area (Å²) in [5, 5.41) is 4.37. The standard InChI is InChI=1S/C17H20ClN/c1-12-8-9-15(17(18)10-12)11-19-14(3)16-7-5-4-6-13(16)2/h4-10,14,19H,11H2,1-3H3/t14-/m1/s1. The second-order valence-electron chi connectivity index (χ2n) is 5.05. The van der Waals surface area contributed by atoms with Crippen LogP contribution in [0, 0.1) is 13.8 Å². The van der Waals surface area contributed by atoms with Gasteiger partial charge >= 0.3 is 0 Å². The first kappa shape index (κ1) is 14.1. The summed E-state index contributed by atoms with van der Waals surface area (Å²) in [5.41, 5.74) is 5.00. The van der Waals surface area contributed by atoms with Crippen LogP contribution < -0.4 is 5.32 Å². The fraction of sp³-hybridized carbons (Fsp3) is 0.294. The molecular weight excluding hydrogens is 254 g/mol. The smallest absolute Gasteiger partial charge is 0.0453 e. The van der Waals surface area contributed by atoms with Crippen LogP contribution >= 0.6 is 11.6 Å². The minimum atomic E-state index is 0.318. The molecule has 0 bridgehead atoms. The van der Waals surface area contributed by atoms with Crippen LogP contribution in [0.25, 0.3) is 0 Å². The molecule has 0 unspecified atom stereocenters. The van der Waals surface area contributed by atoms with Gasteiger partial charge in [-0.15, -0.1) is 0 Å². The molecule has 1 nitrogen and oxygen atoms in total. The molecule has 0 saturated carbocycles. The van der Waals surface area contributed by atoms with Crippen LogP contribution in [0.15, 0.2) is 42.5 Å². The van der Waals surface area contributed by atoms with Gasteiger partial charge in [0.15, 0.2) is 0 Å². The maximum absolute atomic E-state index is 6.25. The Balaban J connectivity index is 2.04. The molecule has 1 atom stereocenters. The van der Waals surface area contributed by atoms with Gasteiger partial charge in [-0.05, 0) is 49.1 Å². The van der Waals surface area contributed by atoms with E-state index in [9.17, 15) is 0 Å². The van der Waals surface area contributed by atoms with Crippen molar-refractivity contribution in [2.45, 2.75) is 33.4 Å². The first-order valence-electron chi connectivity index (χ1n) is 6.62. The van der Waals surface area contributed by atoms with E-state index < -0.39 is 0 Å². The van der Waals surface area contributed by atoms with Crippen molar-refractivity contribution in [3.05, 3.63) is 69.7 Å². The summed E-state index contributed by atoms with van der Waals surface area (Å²) in [5.74, 6) is 0. The lowest BCUT2D eigenvalue weighted by Gasteiger charge is -2.17. The zero-order valence-electron chi connectivity index (χ0n) is 11.7. The number of rotatable bonds is 4. The molecule has 0 heterocycles. The molecule has 2 heteroatoms. The van der Waals surface area contributed by atoms with Gasteiger partial charge in [-0.3, -0.25) is 0 Å². The molecule has 0 aliphatic heterocycles. The van der Waals surface area contributed by atoms with Gasteiger partial charge in [0.05, 0.1) is 0 Å². The Kier molecular flexibility index (Phi) is 4.62. The van der Waals surface area contributed by atoms with Crippen LogP contribution in [0.1, 0.15) is 35.2 Å². The first-order valence-corrected chi connectivity index (χ1v) is 6.99. The van der Waals surface area contributed by atoms with Crippen molar-refractivity contribution in [3.63, 3.8) is 0 Å². The SMILES string of the molecule is Cc1ccc(CN[C@H](C)c2ccccc2C)c(Cl)c1. The van der Waals surface area contributed by atoms with E-state index >= 15 is 0 Å². The second-order valence-corrected chi connectivity index (χ2v) is 5.46. The van der Waals surface area contributed by atoms with Crippen molar-refractivity contribution in [1.82, 2.24) is 5.32 Å². The average Bonchev–Trinajstić information content (AvgIpc) is 2.38. The van der Waals surface area contributed by atoms with Gasteiger partial charge in [0.1, 0.15) is 0 Å². The third-order valence-electron chi connectivity index (χ3n) is 3.46. The molecule has 0 radical (unpaired) electrons. The highest BCUT2D eigenvalue weighted by Gasteiger charge is 2.08. The summed E-state index contributed by atoms with van der Waals surface area (Å²) in [7, 11) is 0. The molecule has 0 aromatic heterocycles. The summed E-state index contributed by atoms with van der Waals surface area (Å²) < 4.78 is 0. The van der Waals surface area contributed by atoms with Gasteiger partial charge in [-0.2, -0.15) is 0 Å². The highest BCUT2D eigenvalue weighted by atomic mass is 35.5. The number of hydrogen-bond acceptors (Lipinski definition) is 1. The fourth-order valence-corrected chi connectivity index (χ4v) is 2.54. The molecule has 100 valence electrons. The fourth-order valence-electron chi connectivity index (χ4n) is 2.24. The van der Waals surface area contributed by atoms with Gasteiger partial charge in [0, 0.05) is 17.6 Å². The van der Waals surface area contributed by atoms with Gasteiger partial charge < -0.3 is 5.32 Å². The van der Waals surface area contributed by atoms with Crippen LogP contribution in [0.4, 0.5) is 0 Å². The van der Waals surface area contributed by atoms with Gasteiger partial charge in [0.25, 0.3) is 0 Å². The minimum Gasteiger partial charge on any atom is -0.306 e. The van der Waals surface area contributed by atoms with Crippen molar-refractivity contribution in [1.29, 1.82) is 0 Å². The number of halogens is 1. The van der Waals surface area contributed by atoms with E-state index in [2.05, 4.69) is 62.5 Å². The third-order valence-corrected chi connectivity index (χ3v) is 3.81. The number of hydrogen-bond donors (Lipinski definition) is 1. The largest absolute Gasteiger partial charge is 0.306 e. The predicted molar refractivity (Wildman–Crippen MR) is 82.6 cm³/mol. The average molecular weight is 274 g/mol. The van der Waals surface area contributed by atoms with Crippen LogP contribution in [-0.4, -0.2) is 0 Å². The van der Waals surface area contributed by atoms with Crippen LogP contribution in [0.5, 0.6) is 0 Å². The summed E-state index contributed by atoms with van der Waals surface area (Å²) in [4.78, 5) is 0. The van der Waals surface area contributed by atoms with E-state index in [0.717, 1.165) is 17.1 Å². The predicted octanol–water partition coefficient (Wildman–Crippen LogP) is 4.81. The van der Waals surface area contributed by atoms with E-state index in [0.29, 0.717) is 6.04 Å². The second kappa shape index (κ2) is 6.23. The Bertz CT molecular complexity index is 563. The lowest BCUT2D eigenvalue weighted by atomic mass is 10.0. The molecular formula is C17H20ClN. The van der Waals surface area contributed by atoms with E-state index in [1.165, 1.54) is 16.7 Å². The van der Waals surface area contributed by atoms with E-state index in [4.69, 9.17) is 11.6 Å². The number of benzene rings is 2. The molecule has 0 spiro atoms. The molecule has 0 fully saturated rings. The Morgan fingerprint density at radius 1 is 1.11 bits per heavy atom. The highest BCUT2D eigenvalue weighted by Crippen LogP contribution is 2.20. The summed E-state index contributed by atoms with van der Waals surface area (Å²) in [6, 6.07) is 15.0. The van der Waals surface area contributed by atoms with Crippen molar-refractivity contribution in [2.75, 3.05) is 0 Å². The summed E-state index contributed by atoms with van der Waals surface area (Å²) >= 11 is 6.25. The van der Waals surface area contributed by atoms with Crippen LogP contribution in [-0.2, 0) is 6.54 Å². The molecule has 0 saturated heterocycles. The van der Waals surface area contributed by atoms with Crippen LogP contribution in [0.2, 0.25) is 5.02 Å². The molecule has 2 aromatic rings. The molecule has 0 aliphatic rings. The molecule has 0 aliphatic carbocycles. The Hall–Kier alpha value is -1.31. The molecule has 0 amide bonds. The molecule has 2 aromatic carbocycles. The van der Waals surface area contributed by atoms with E-state index in [-0.39, 0.29) is 0 Å². The maximum Gasteiger partial charge on any atom is 0.0453 e. The van der Waals surface area contributed by atoms with Crippen molar-refractivity contribution < 1.29 is 0 Å².